The maximum absolute atomic E-state index is 3.38. The van der Waals surface area contributed by atoms with Crippen LogP contribution in [0.2, 0.25) is 0 Å². The van der Waals surface area contributed by atoms with Crippen LogP contribution in [0.1, 0.15) is 38.5 Å². The van der Waals surface area contributed by atoms with Gasteiger partial charge >= 0.3 is 65.2 Å². The fourth-order valence-corrected chi connectivity index (χ4v) is 3.55. The van der Waals surface area contributed by atoms with Crippen LogP contribution < -0.4 is 53.2 Å². The van der Waals surface area contributed by atoms with E-state index in [2.05, 4.69) is 51.8 Å². The molecule has 0 unspecified atom stereocenters. The molecular formula is C21H48Cl3N6Ti3+3. The Kier molecular flexibility index (Phi) is 54.6. The van der Waals surface area contributed by atoms with Crippen molar-refractivity contribution >= 4 is 0 Å². The van der Waals surface area contributed by atoms with E-state index in [1.54, 1.807) is 0 Å². The first-order valence-electron chi connectivity index (χ1n) is 11.4. The molecule has 3 rings (SSSR count). The van der Waals surface area contributed by atoms with Gasteiger partial charge in [0.15, 0.2) is 0 Å². The van der Waals surface area contributed by atoms with E-state index >= 15 is 0 Å². The van der Waals surface area contributed by atoms with Crippen LogP contribution in [0.25, 0.3) is 0 Å². The molecule has 3 N–H and O–H groups in total. The molecule has 192 valence electrons. The predicted molar refractivity (Wildman–Crippen MR) is 119 cm³/mol. The van der Waals surface area contributed by atoms with Crippen molar-refractivity contribution in [2.75, 3.05) is 99.7 Å². The third-order valence-electron chi connectivity index (χ3n) is 5.36. The Hall–Kier alpha value is 2.77. The molecule has 0 aromatic carbocycles. The van der Waals surface area contributed by atoms with Crippen molar-refractivity contribution < 1.29 is 102 Å². The minimum atomic E-state index is 0. The van der Waals surface area contributed by atoms with E-state index in [4.69, 9.17) is 0 Å². The van der Waals surface area contributed by atoms with Crippen LogP contribution in [0.5, 0.6) is 0 Å². The molecule has 12 heteroatoms. The molecule has 3 aliphatic rings. The Labute approximate surface area is 268 Å². The topological polar surface area (TPSA) is 45.8 Å². The normalized spacial score (nSPS) is 20.5. The summed E-state index contributed by atoms with van der Waals surface area (Å²) in [6, 6.07) is 0. The van der Waals surface area contributed by atoms with E-state index in [0.717, 1.165) is 0 Å². The second-order valence-electron chi connectivity index (χ2n) is 8.28. The first-order chi connectivity index (χ1) is 13.2. The maximum Gasteiger partial charge on any atom is 2.00 e. The summed E-state index contributed by atoms with van der Waals surface area (Å²) < 4.78 is 0. The molecule has 6 nitrogen and oxygen atoms in total. The molecule has 0 aromatic rings. The molecule has 3 saturated heterocycles. The minimum absolute atomic E-state index is 0. The number of nitrogens with one attached hydrogen (secondary N) is 3. The smallest absolute Gasteiger partial charge is 1.00 e. The van der Waals surface area contributed by atoms with E-state index in [1.165, 1.54) is 117 Å². The molecule has 33 heavy (non-hydrogen) atoms. The summed E-state index contributed by atoms with van der Waals surface area (Å²) in [6.45, 7) is 14.7. The summed E-state index contributed by atoms with van der Waals surface area (Å²) >= 11 is 0. The van der Waals surface area contributed by atoms with Crippen LogP contribution in [-0.2, 0) is 65.2 Å². The van der Waals surface area contributed by atoms with Crippen molar-refractivity contribution in [1.29, 1.82) is 0 Å². The predicted octanol–water partition coefficient (Wildman–Crippen LogP) is -8.09. The van der Waals surface area contributed by atoms with E-state index < -0.39 is 0 Å². The van der Waals surface area contributed by atoms with Gasteiger partial charge < -0.3 is 67.9 Å². The molecule has 0 radical (unpaired) electrons. The number of halogens is 3. The standard InChI is InChI=1S/3C7H16N2.3ClH.3Ti/c3*1-9-6-2-4-8-5-3-7-9;;;;;;/h3*8H,2-7H2,1H3;3*1H;;;/q;;;;;;3*+2/p-3. The molecule has 0 saturated carbocycles. The molecule has 3 heterocycles. The van der Waals surface area contributed by atoms with Gasteiger partial charge in [-0.05, 0) is 138 Å². The van der Waals surface area contributed by atoms with Crippen LogP contribution >= 0.6 is 0 Å². The van der Waals surface area contributed by atoms with Crippen molar-refractivity contribution in [2.24, 2.45) is 0 Å². The van der Waals surface area contributed by atoms with E-state index in [0.29, 0.717) is 0 Å². The Morgan fingerprint density at radius 2 is 0.515 bits per heavy atom. The molecule has 0 aromatic heterocycles. The zero-order valence-electron chi connectivity index (χ0n) is 21.2. The second-order valence-corrected chi connectivity index (χ2v) is 8.28. The van der Waals surface area contributed by atoms with Crippen LogP contribution in [0.4, 0.5) is 0 Å². The van der Waals surface area contributed by atoms with Crippen molar-refractivity contribution in [3.8, 4) is 0 Å². The number of rotatable bonds is 0. The summed E-state index contributed by atoms with van der Waals surface area (Å²) in [5.74, 6) is 0. The quantitative estimate of drug-likeness (QED) is 0.231. The monoisotopic (exact) mass is 633 g/mol. The zero-order chi connectivity index (χ0) is 19.6. The summed E-state index contributed by atoms with van der Waals surface area (Å²) in [7, 11) is 6.60. The van der Waals surface area contributed by atoms with Crippen molar-refractivity contribution in [3.05, 3.63) is 0 Å². The van der Waals surface area contributed by atoms with E-state index in [1.807, 2.05) is 0 Å². The number of hydrogen-bond acceptors (Lipinski definition) is 6. The van der Waals surface area contributed by atoms with E-state index in [9.17, 15) is 0 Å². The van der Waals surface area contributed by atoms with Gasteiger partial charge in [0.2, 0.25) is 0 Å². The largest absolute Gasteiger partial charge is 2.00 e. The summed E-state index contributed by atoms with van der Waals surface area (Å²) in [5.41, 5.74) is 0. The van der Waals surface area contributed by atoms with Gasteiger partial charge in [0, 0.05) is 0 Å². The van der Waals surface area contributed by atoms with Gasteiger partial charge in [0.05, 0.1) is 0 Å². The van der Waals surface area contributed by atoms with Gasteiger partial charge in [-0.2, -0.15) is 0 Å². The first kappa shape index (κ1) is 48.8. The first-order valence-corrected chi connectivity index (χ1v) is 11.4. The SMILES string of the molecule is CN1CCCNCCC1.CN1CCCNCCC1.CN1CCCNCCC1.[Cl-].[Cl-].[Cl-].[Ti+2].[Ti+2].[Ti+2]. The summed E-state index contributed by atoms with van der Waals surface area (Å²) in [6.07, 6.45) is 7.81. The van der Waals surface area contributed by atoms with Crippen molar-refractivity contribution in [3.63, 3.8) is 0 Å². The fourth-order valence-electron chi connectivity index (χ4n) is 3.55. The second kappa shape index (κ2) is 36.9. The molecular weight excluding hydrogens is 586 g/mol. The Bertz CT molecular complexity index is 272. The van der Waals surface area contributed by atoms with Crippen LogP contribution in [0.3, 0.4) is 0 Å². The Balaban J connectivity index is -0.0000000759. The summed E-state index contributed by atoms with van der Waals surface area (Å²) in [5, 5.41) is 10.1. The third kappa shape index (κ3) is 34.8. The van der Waals surface area contributed by atoms with Crippen molar-refractivity contribution in [1.82, 2.24) is 30.7 Å². The third-order valence-corrected chi connectivity index (χ3v) is 5.36. The van der Waals surface area contributed by atoms with Gasteiger partial charge in [0.1, 0.15) is 0 Å². The van der Waals surface area contributed by atoms with Gasteiger partial charge in [-0.1, -0.05) is 0 Å². The number of hydrogen-bond donors (Lipinski definition) is 3. The summed E-state index contributed by atoms with van der Waals surface area (Å²) in [4.78, 5) is 7.21. The average Bonchev–Trinajstić information content (AvgIpc) is 2.59. The van der Waals surface area contributed by atoms with Gasteiger partial charge in [-0.15, -0.1) is 0 Å². The Morgan fingerprint density at radius 3 is 0.667 bits per heavy atom. The van der Waals surface area contributed by atoms with Gasteiger partial charge in [0.25, 0.3) is 0 Å². The zero-order valence-corrected chi connectivity index (χ0v) is 28.2. The molecule has 3 aliphatic heterocycles. The van der Waals surface area contributed by atoms with Crippen LogP contribution in [-0.4, -0.2) is 114 Å². The molecule has 0 bridgehead atoms. The van der Waals surface area contributed by atoms with Gasteiger partial charge in [-0.3, -0.25) is 0 Å². The molecule has 0 amide bonds. The Morgan fingerprint density at radius 1 is 0.364 bits per heavy atom. The maximum atomic E-state index is 3.38. The van der Waals surface area contributed by atoms with Crippen molar-refractivity contribution in [2.45, 2.75) is 38.5 Å². The molecule has 0 spiro atoms. The van der Waals surface area contributed by atoms with Crippen LogP contribution in [0, 0.1) is 0 Å². The molecule has 0 atom stereocenters. The fraction of sp³-hybridized carbons (Fsp3) is 1.00. The number of nitrogens with zero attached hydrogens (tertiary/aromatic N) is 3. The van der Waals surface area contributed by atoms with E-state index in [-0.39, 0.29) is 102 Å². The molecule has 3 fully saturated rings. The average molecular weight is 635 g/mol. The minimum Gasteiger partial charge on any atom is -1.00 e. The van der Waals surface area contributed by atoms with Gasteiger partial charge in [-0.25, -0.2) is 0 Å². The molecule has 0 aliphatic carbocycles. The van der Waals surface area contributed by atoms with Crippen LogP contribution in [0.15, 0.2) is 0 Å².